The molecule has 0 bridgehead atoms. The van der Waals surface area contributed by atoms with Crippen LogP contribution < -0.4 is 0 Å². The first-order valence-electron chi connectivity index (χ1n) is 10.6. The van der Waals surface area contributed by atoms with Crippen molar-refractivity contribution in [3.63, 3.8) is 0 Å². The van der Waals surface area contributed by atoms with Gasteiger partial charge in [-0.15, -0.1) is 0 Å². The van der Waals surface area contributed by atoms with Gasteiger partial charge in [0.05, 0.1) is 0 Å². The van der Waals surface area contributed by atoms with Gasteiger partial charge in [0.2, 0.25) is 0 Å². The highest BCUT2D eigenvalue weighted by Crippen LogP contribution is 2.27. The van der Waals surface area contributed by atoms with Crippen molar-refractivity contribution in [2.45, 2.75) is 65.2 Å². The van der Waals surface area contributed by atoms with Gasteiger partial charge in [0.1, 0.15) is 0 Å². The normalized spacial score (nSPS) is 18.8. The van der Waals surface area contributed by atoms with E-state index in [2.05, 4.69) is 68.5 Å². The van der Waals surface area contributed by atoms with Crippen LogP contribution in [0.2, 0.25) is 0 Å². The molecule has 0 unspecified atom stereocenters. The van der Waals surface area contributed by atoms with Gasteiger partial charge in [0.15, 0.2) is 5.78 Å². The molecule has 0 N–H and O–H groups in total. The predicted molar refractivity (Wildman–Crippen MR) is 116 cm³/mol. The van der Waals surface area contributed by atoms with Gasteiger partial charge in [-0.25, -0.2) is 0 Å². The van der Waals surface area contributed by atoms with Crippen LogP contribution in [0.15, 0.2) is 54.1 Å². The van der Waals surface area contributed by atoms with Crippen LogP contribution in [0.25, 0.3) is 17.2 Å². The van der Waals surface area contributed by atoms with Crippen molar-refractivity contribution >= 4 is 11.9 Å². The number of carbonyl (C=O) groups excluding carboxylic acids is 1. The number of unbranched alkanes of at least 4 members (excludes halogenated alkanes) is 3. The van der Waals surface area contributed by atoms with Gasteiger partial charge >= 0.3 is 0 Å². The van der Waals surface area contributed by atoms with Crippen molar-refractivity contribution in [1.29, 1.82) is 0 Å². The highest BCUT2D eigenvalue weighted by molar-refractivity contribution is 6.00. The molecule has 0 radical (unpaired) electrons. The van der Waals surface area contributed by atoms with E-state index in [0.717, 1.165) is 24.0 Å². The third-order valence-corrected chi connectivity index (χ3v) is 5.66. The van der Waals surface area contributed by atoms with Crippen molar-refractivity contribution in [1.82, 2.24) is 0 Å². The molecule has 1 aliphatic rings. The van der Waals surface area contributed by atoms with Crippen LogP contribution in [0, 0.1) is 5.92 Å². The Balaban J connectivity index is 1.62. The fourth-order valence-electron chi connectivity index (χ4n) is 3.84. The van der Waals surface area contributed by atoms with Crippen molar-refractivity contribution in [2.75, 3.05) is 0 Å². The Morgan fingerprint density at radius 2 is 1.59 bits per heavy atom. The summed E-state index contributed by atoms with van der Waals surface area (Å²) in [6, 6.07) is 17.6. The highest BCUT2D eigenvalue weighted by Gasteiger charge is 2.20. The number of hydrogen-bond acceptors (Lipinski definition) is 1. The second kappa shape index (κ2) is 9.69. The maximum Gasteiger partial charge on any atom is 0.159 e. The first kappa shape index (κ1) is 19.6. The van der Waals surface area contributed by atoms with Gasteiger partial charge in [-0.05, 0) is 65.5 Å². The molecule has 0 aliphatic heterocycles. The minimum Gasteiger partial charge on any atom is -0.295 e. The minimum atomic E-state index is 0.326. The van der Waals surface area contributed by atoms with Crippen molar-refractivity contribution in [3.05, 3.63) is 65.2 Å². The van der Waals surface area contributed by atoms with E-state index in [1.807, 2.05) is 0 Å². The lowest BCUT2D eigenvalue weighted by molar-refractivity contribution is -0.117. The van der Waals surface area contributed by atoms with Crippen LogP contribution in [0.3, 0.4) is 0 Å². The Hall–Kier alpha value is -2.15. The van der Waals surface area contributed by atoms with E-state index in [4.69, 9.17) is 0 Å². The van der Waals surface area contributed by atoms with Gasteiger partial charge in [0.25, 0.3) is 0 Å². The zero-order valence-corrected chi connectivity index (χ0v) is 16.8. The van der Waals surface area contributed by atoms with Crippen LogP contribution in [0.5, 0.6) is 0 Å². The summed E-state index contributed by atoms with van der Waals surface area (Å²) in [4.78, 5) is 12.2. The second-order valence-corrected chi connectivity index (χ2v) is 8.07. The molecule has 1 aliphatic carbocycles. The van der Waals surface area contributed by atoms with E-state index in [1.54, 1.807) is 0 Å². The fourth-order valence-corrected chi connectivity index (χ4v) is 3.84. The lowest BCUT2D eigenvalue weighted by atomic mass is 9.85. The molecule has 1 saturated carbocycles. The average Bonchev–Trinajstić information content (AvgIpc) is 2.69. The molecular weight excluding hydrogens is 328 g/mol. The third kappa shape index (κ3) is 5.66. The molecule has 0 saturated heterocycles. The molecule has 0 spiro atoms. The van der Waals surface area contributed by atoms with Crippen LogP contribution in [-0.2, 0) is 11.2 Å². The van der Waals surface area contributed by atoms with E-state index in [1.165, 1.54) is 48.8 Å². The number of ketones is 1. The summed E-state index contributed by atoms with van der Waals surface area (Å²) in [5, 5.41) is 0. The summed E-state index contributed by atoms with van der Waals surface area (Å²) in [6.45, 7) is 4.42. The number of hydrogen-bond donors (Lipinski definition) is 0. The van der Waals surface area contributed by atoms with Crippen LogP contribution >= 0.6 is 0 Å². The molecule has 0 heterocycles. The number of Topliss-reactive ketones (excluding diaryl/α,β-unsaturated/α-hetero) is 1. The predicted octanol–water partition coefficient (Wildman–Crippen LogP) is 7.25. The number of carbonyl (C=O) groups is 1. The van der Waals surface area contributed by atoms with Crippen LogP contribution in [0.1, 0.15) is 69.9 Å². The Labute approximate surface area is 164 Å². The van der Waals surface area contributed by atoms with E-state index in [-0.39, 0.29) is 0 Å². The average molecular weight is 361 g/mol. The molecule has 2 aromatic rings. The lowest BCUT2D eigenvalue weighted by Gasteiger charge is -2.19. The van der Waals surface area contributed by atoms with Crippen LogP contribution in [0.4, 0.5) is 0 Å². The third-order valence-electron chi connectivity index (χ3n) is 5.66. The molecule has 1 atom stereocenters. The van der Waals surface area contributed by atoms with E-state index < -0.39 is 0 Å². The van der Waals surface area contributed by atoms with Crippen molar-refractivity contribution in [3.8, 4) is 11.1 Å². The van der Waals surface area contributed by atoms with Gasteiger partial charge in [-0.3, -0.25) is 4.79 Å². The smallest absolute Gasteiger partial charge is 0.159 e. The van der Waals surface area contributed by atoms with E-state index in [9.17, 15) is 4.79 Å². The number of allylic oxidation sites excluding steroid dienone is 1. The van der Waals surface area contributed by atoms with Gasteiger partial charge < -0.3 is 0 Å². The molecule has 27 heavy (non-hydrogen) atoms. The molecule has 3 rings (SSSR count). The first-order chi connectivity index (χ1) is 13.2. The SMILES string of the molecule is CCCCCCc1ccc(-c2ccc(/C=C3/CC[C@@H](C)CC3=O)cc2)cc1. The van der Waals surface area contributed by atoms with Crippen molar-refractivity contribution in [2.24, 2.45) is 5.92 Å². The zero-order chi connectivity index (χ0) is 19.1. The Morgan fingerprint density at radius 3 is 2.22 bits per heavy atom. The molecule has 142 valence electrons. The van der Waals surface area contributed by atoms with Crippen LogP contribution in [-0.4, -0.2) is 5.78 Å². The molecule has 2 aromatic carbocycles. The first-order valence-corrected chi connectivity index (χ1v) is 10.6. The summed E-state index contributed by atoms with van der Waals surface area (Å²) >= 11 is 0. The molecule has 1 fully saturated rings. The molecule has 1 heteroatoms. The molecule has 0 amide bonds. The minimum absolute atomic E-state index is 0.326. The molecule has 1 nitrogen and oxygen atoms in total. The van der Waals surface area contributed by atoms with E-state index >= 15 is 0 Å². The maximum atomic E-state index is 12.2. The number of rotatable bonds is 7. The summed E-state index contributed by atoms with van der Waals surface area (Å²) in [5.74, 6) is 0.860. The maximum absolute atomic E-state index is 12.2. The van der Waals surface area contributed by atoms with Gasteiger partial charge in [0, 0.05) is 6.42 Å². The van der Waals surface area contributed by atoms with Gasteiger partial charge in [-0.2, -0.15) is 0 Å². The van der Waals surface area contributed by atoms with E-state index in [0.29, 0.717) is 18.1 Å². The molecule has 0 aromatic heterocycles. The zero-order valence-electron chi connectivity index (χ0n) is 16.8. The van der Waals surface area contributed by atoms with Gasteiger partial charge in [-0.1, -0.05) is 81.6 Å². The quantitative estimate of drug-likeness (QED) is 0.375. The number of benzene rings is 2. The highest BCUT2D eigenvalue weighted by atomic mass is 16.1. The molecular formula is C26H32O. The monoisotopic (exact) mass is 360 g/mol. The second-order valence-electron chi connectivity index (χ2n) is 8.07. The standard InChI is InChI=1S/C26H32O/c1-3-4-5-6-7-21-9-14-23(15-10-21)24-16-11-22(12-17-24)19-25-13-8-20(2)18-26(25)27/h9-12,14-17,19-20H,3-8,13,18H2,1-2H3/b25-19-/t20-/m1/s1. The Bertz CT molecular complexity index is 765. The Kier molecular flexibility index (Phi) is 7.04. The summed E-state index contributed by atoms with van der Waals surface area (Å²) in [7, 11) is 0. The topological polar surface area (TPSA) is 17.1 Å². The summed E-state index contributed by atoms with van der Waals surface area (Å²) in [5.41, 5.74) is 6.05. The lowest BCUT2D eigenvalue weighted by Crippen LogP contribution is -2.15. The fraction of sp³-hybridized carbons (Fsp3) is 0.423. The Morgan fingerprint density at radius 1 is 0.926 bits per heavy atom. The summed E-state index contributed by atoms with van der Waals surface area (Å²) < 4.78 is 0. The largest absolute Gasteiger partial charge is 0.295 e. The summed E-state index contributed by atoms with van der Waals surface area (Å²) in [6.07, 6.45) is 11.3. The van der Waals surface area contributed by atoms with Crippen molar-refractivity contribution < 1.29 is 4.79 Å². The number of aryl methyl sites for hydroxylation is 1.